The Balaban J connectivity index is 2.24. The lowest BCUT2D eigenvalue weighted by Crippen LogP contribution is -2.07. The quantitative estimate of drug-likeness (QED) is 0.605. The zero-order chi connectivity index (χ0) is 13.7. The first-order valence-electron chi connectivity index (χ1n) is 6.31. The van der Waals surface area contributed by atoms with Crippen LogP contribution in [0.2, 0.25) is 0 Å². The molecule has 2 heteroatoms. The summed E-state index contributed by atoms with van der Waals surface area (Å²) in [6.45, 7) is 1.94. The number of benzene rings is 2. The van der Waals surface area contributed by atoms with Gasteiger partial charge < -0.3 is 4.79 Å². The molecule has 0 spiro atoms. The molecule has 0 saturated carbocycles. The van der Waals surface area contributed by atoms with Crippen LogP contribution in [0.1, 0.15) is 27.0 Å². The largest absolute Gasteiger partial charge is 0.303 e. The molecule has 2 aromatic carbocycles. The van der Waals surface area contributed by atoms with Crippen molar-refractivity contribution in [2.75, 3.05) is 0 Å². The fourth-order valence-corrected chi connectivity index (χ4v) is 2.17. The normalized spacial score (nSPS) is 10.2. The van der Waals surface area contributed by atoms with E-state index in [0.717, 1.165) is 28.5 Å². The Morgan fingerprint density at radius 2 is 1.63 bits per heavy atom. The van der Waals surface area contributed by atoms with Crippen molar-refractivity contribution >= 4 is 12.1 Å². The van der Waals surface area contributed by atoms with E-state index in [1.165, 1.54) is 0 Å². The fraction of sp³-hybridized carbons (Fsp3) is 0.176. The number of rotatable bonds is 5. The van der Waals surface area contributed by atoms with Gasteiger partial charge in [0.1, 0.15) is 6.29 Å². The minimum absolute atomic E-state index is 0.0939. The summed E-state index contributed by atoms with van der Waals surface area (Å²) in [6.07, 6.45) is 1.57. The van der Waals surface area contributed by atoms with Crippen LogP contribution < -0.4 is 0 Å². The summed E-state index contributed by atoms with van der Waals surface area (Å²) in [5.74, 6) is 0.0939. The van der Waals surface area contributed by atoms with Gasteiger partial charge in [0, 0.05) is 18.4 Å². The third kappa shape index (κ3) is 3.16. The molecule has 0 aliphatic heterocycles. The maximum absolute atomic E-state index is 12.3. The van der Waals surface area contributed by atoms with Crippen LogP contribution in [0.3, 0.4) is 0 Å². The molecule has 0 bridgehead atoms. The molecule has 0 fully saturated rings. The van der Waals surface area contributed by atoms with Gasteiger partial charge in [0.25, 0.3) is 0 Å². The molecule has 19 heavy (non-hydrogen) atoms. The maximum atomic E-state index is 12.3. The minimum Gasteiger partial charge on any atom is -0.303 e. The molecule has 0 N–H and O–H groups in total. The van der Waals surface area contributed by atoms with E-state index in [4.69, 9.17) is 0 Å². The lowest BCUT2D eigenvalue weighted by molar-refractivity contribution is -0.107. The first kappa shape index (κ1) is 13.2. The van der Waals surface area contributed by atoms with E-state index in [2.05, 4.69) is 0 Å². The van der Waals surface area contributed by atoms with Gasteiger partial charge in [0.2, 0.25) is 0 Å². The number of Topliss-reactive ketones (excluding diaryl/α,β-unsaturated/α-hetero) is 1. The van der Waals surface area contributed by atoms with E-state index in [0.29, 0.717) is 12.8 Å². The zero-order valence-electron chi connectivity index (χ0n) is 10.9. The number of carbonyl (C=O) groups is 2. The van der Waals surface area contributed by atoms with Gasteiger partial charge in [-0.25, -0.2) is 0 Å². The van der Waals surface area contributed by atoms with E-state index in [1.807, 2.05) is 55.5 Å². The van der Waals surface area contributed by atoms with Gasteiger partial charge in [-0.05, 0) is 23.6 Å². The molecule has 0 aliphatic carbocycles. The summed E-state index contributed by atoms with van der Waals surface area (Å²) in [5.41, 5.74) is 3.60. The molecule has 0 unspecified atom stereocenters. The summed E-state index contributed by atoms with van der Waals surface area (Å²) >= 11 is 0. The topological polar surface area (TPSA) is 34.1 Å². The average Bonchev–Trinajstić information content (AvgIpc) is 2.41. The first-order valence-corrected chi connectivity index (χ1v) is 6.31. The molecule has 0 radical (unpaired) electrons. The van der Waals surface area contributed by atoms with Gasteiger partial charge in [-0.3, -0.25) is 4.79 Å². The standard InChI is InChI=1S/C17H16O2/c1-13-6-2-5-9-16(13)17(19)12-15-8-4-3-7-14(15)10-11-18/h2-9,11H,10,12H2,1H3. The molecule has 0 heterocycles. The fourth-order valence-electron chi connectivity index (χ4n) is 2.17. The number of aryl methyl sites for hydroxylation is 1. The zero-order valence-corrected chi connectivity index (χ0v) is 10.9. The number of hydrogen-bond acceptors (Lipinski definition) is 2. The highest BCUT2D eigenvalue weighted by Gasteiger charge is 2.11. The van der Waals surface area contributed by atoms with Gasteiger partial charge in [0.05, 0.1) is 0 Å². The smallest absolute Gasteiger partial charge is 0.167 e. The summed E-state index contributed by atoms with van der Waals surface area (Å²) in [4.78, 5) is 23.0. The Morgan fingerprint density at radius 1 is 1.00 bits per heavy atom. The van der Waals surface area contributed by atoms with Crippen molar-refractivity contribution in [2.45, 2.75) is 19.8 Å². The third-order valence-electron chi connectivity index (χ3n) is 3.22. The summed E-state index contributed by atoms with van der Waals surface area (Å²) < 4.78 is 0. The Bertz CT molecular complexity index is 600. The van der Waals surface area contributed by atoms with E-state index < -0.39 is 0 Å². The van der Waals surface area contributed by atoms with Crippen molar-refractivity contribution in [3.8, 4) is 0 Å². The lowest BCUT2D eigenvalue weighted by atomic mass is 9.95. The third-order valence-corrected chi connectivity index (χ3v) is 3.22. The van der Waals surface area contributed by atoms with Crippen LogP contribution in [0.5, 0.6) is 0 Å². The second kappa shape index (κ2) is 6.10. The van der Waals surface area contributed by atoms with Crippen molar-refractivity contribution in [3.05, 3.63) is 70.8 Å². The van der Waals surface area contributed by atoms with Crippen LogP contribution in [0.15, 0.2) is 48.5 Å². The van der Waals surface area contributed by atoms with Crippen LogP contribution in [0.25, 0.3) is 0 Å². The van der Waals surface area contributed by atoms with Gasteiger partial charge in [-0.1, -0.05) is 48.5 Å². The summed E-state index contributed by atoms with van der Waals surface area (Å²) in [7, 11) is 0. The van der Waals surface area contributed by atoms with Gasteiger partial charge >= 0.3 is 0 Å². The number of hydrogen-bond donors (Lipinski definition) is 0. The average molecular weight is 252 g/mol. The van der Waals surface area contributed by atoms with Crippen LogP contribution in [0.4, 0.5) is 0 Å². The lowest BCUT2D eigenvalue weighted by Gasteiger charge is -2.08. The second-order valence-electron chi connectivity index (χ2n) is 4.55. The monoisotopic (exact) mass is 252 g/mol. The van der Waals surface area contributed by atoms with Crippen molar-refractivity contribution in [1.82, 2.24) is 0 Å². The highest BCUT2D eigenvalue weighted by molar-refractivity contribution is 5.98. The van der Waals surface area contributed by atoms with Crippen molar-refractivity contribution in [3.63, 3.8) is 0 Å². The van der Waals surface area contributed by atoms with Gasteiger partial charge in [0.15, 0.2) is 5.78 Å². The van der Waals surface area contributed by atoms with Crippen LogP contribution >= 0.6 is 0 Å². The number of carbonyl (C=O) groups excluding carboxylic acids is 2. The van der Waals surface area contributed by atoms with Crippen molar-refractivity contribution < 1.29 is 9.59 Å². The summed E-state index contributed by atoms with van der Waals surface area (Å²) in [5, 5.41) is 0. The molecule has 0 amide bonds. The van der Waals surface area contributed by atoms with Crippen LogP contribution in [0, 0.1) is 6.92 Å². The Hall–Kier alpha value is -2.22. The SMILES string of the molecule is Cc1ccccc1C(=O)Cc1ccccc1CC=O. The maximum Gasteiger partial charge on any atom is 0.167 e. The van der Waals surface area contributed by atoms with E-state index >= 15 is 0 Å². The van der Waals surface area contributed by atoms with E-state index in [1.54, 1.807) is 0 Å². The number of ketones is 1. The molecule has 0 atom stereocenters. The second-order valence-corrected chi connectivity index (χ2v) is 4.55. The predicted molar refractivity (Wildman–Crippen MR) is 75.4 cm³/mol. The van der Waals surface area contributed by atoms with Gasteiger partial charge in [-0.15, -0.1) is 0 Å². The number of aldehydes is 1. The Morgan fingerprint density at radius 3 is 2.32 bits per heavy atom. The Labute approximate surface area is 113 Å². The summed E-state index contributed by atoms with van der Waals surface area (Å²) in [6, 6.07) is 15.2. The molecular weight excluding hydrogens is 236 g/mol. The predicted octanol–water partition coefficient (Wildman–Crippen LogP) is 3.16. The molecule has 2 aromatic rings. The van der Waals surface area contributed by atoms with E-state index in [9.17, 15) is 9.59 Å². The molecule has 96 valence electrons. The molecule has 0 aromatic heterocycles. The molecule has 0 saturated heterocycles. The Kier molecular flexibility index (Phi) is 4.24. The van der Waals surface area contributed by atoms with Crippen molar-refractivity contribution in [2.24, 2.45) is 0 Å². The molecule has 0 aliphatic rings. The van der Waals surface area contributed by atoms with Gasteiger partial charge in [-0.2, -0.15) is 0 Å². The minimum atomic E-state index is 0.0939. The van der Waals surface area contributed by atoms with Crippen LogP contribution in [-0.4, -0.2) is 12.1 Å². The molecule has 2 nitrogen and oxygen atoms in total. The van der Waals surface area contributed by atoms with Crippen LogP contribution in [-0.2, 0) is 17.6 Å². The molecular formula is C17H16O2. The van der Waals surface area contributed by atoms with E-state index in [-0.39, 0.29) is 5.78 Å². The molecule has 2 rings (SSSR count). The highest BCUT2D eigenvalue weighted by atomic mass is 16.1. The first-order chi connectivity index (χ1) is 9.22. The van der Waals surface area contributed by atoms with Crippen molar-refractivity contribution in [1.29, 1.82) is 0 Å². The highest BCUT2D eigenvalue weighted by Crippen LogP contribution is 2.15.